The average molecular weight is 273 g/mol. The monoisotopic (exact) mass is 271 g/mol. The summed E-state index contributed by atoms with van der Waals surface area (Å²) in [6.07, 6.45) is 1.66. The molecule has 72 valence electrons. The molecule has 0 bridgehead atoms. The Morgan fingerprint density at radius 1 is 1.57 bits per heavy atom. The highest BCUT2D eigenvalue weighted by Gasteiger charge is 2.02. The number of hydrogen-bond acceptors (Lipinski definition) is 2. The first-order chi connectivity index (χ1) is 6.77. The lowest BCUT2D eigenvalue weighted by molar-refractivity contribution is 0.362. The molecular weight excluding hydrogens is 265 g/mol. The molecule has 0 heterocycles. The number of nitriles is 1. The fourth-order valence-corrected chi connectivity index (χ4v) is 1.32. The Hall–Kier alpha value is -0.980. The molecule has 14 heavy (non-hydrogen) atoms. The number of ether oxygens (including phenoxy) is 1. The number of nitrogens with zero attached hydrogens (tertiary/aromatic N) is 1. The molecule has 0 radical (unpaired) electrons. The van der Waals surface area contributed by atoms with Crippen molar-refractivity contribution in [2.75, 3.05) is 6.61 Å². The zero-order valence-electron chi connectivity index (χ0n) is 7.21. The van der Waals surface area contributed by atoms with E-state index in [1.165, 1.54) is 5.54 Å². The van der Waals surface area contributed by atoms with Gasteiger partial charge in [0, 0.05) is 10.0 Å². The maximum absolute atomic E-state index is 8.80. The molecule has 0 unspecified atom stereocenters. The largest absolute Gasteiger partial charge is 0.488 e. The molecule has 0 saturated heterocycles. The van der Waals surface area contributed by atoms with E-state index in [-0.39, 0.29) is 0 Å². The average Bonchev–Trinajstić information content (AvgIpc) is 2.20. The van der Waals surface area contributed by atoms with Crippen molar-refractivity contribution in [1.82, 2.24) is 0 Å². The predicted molar refractivity (Wildman–Crippen MR) is 59.3 cm³/mol. The zero-order valence-corrected chi connectivity index (χ0v) is 9.55. The van der Waals surface area contributed by atoms with E-state index in [4.69, 9.17) is 21.6 Å². The van der Waals surface area contributed by atoms with Crippen molar-refractivity contribution < 1.29 is 4.74 Å². The van der Waals surface area contributed by atoms with Crippen LogP contribution in [0.25, 0.3) is 0 Å². The van der Waals surface area contributed by atoms with E-state index < -0.39 is 0 Å². The topological polar surface area (TPSA) is 33.0 Å². The van der Waals surface area contributed by atoms with Crippen molar-refractivity contribution in [3.8, 4) is 11.8 Å². The zero-order chi connectivity index (χ0) is 10.4. The number of benzene rings is 1. The summed E-state index contributed by atoms with van der Waals surface area (Å²) in [7, 11) is 0. The minimum Gasteiger partial charge on any atom is -0.488 e. The summed E-state index contributed by atoms with van der Waals surface area (Å²) in [5.74, 6) is 0.561. The summed E-state index contributed by atoms with van der Waals surface area (Å²) in [6, 6.07) is 7.32. The maximum Gasteiger partial charge on any atom is 0.137 e. The van der Waals surface area contributed by atoms with Crippen LogP contribution in [0.1, 0.15) is 5.56 Å². The van der Waals surface area contributed by atoms with Crippen molar-refractivity contribution in [3.63, 3.8) is 0 Å². The van der Waals surface area contributed by atoms with Crippen molar-refractivity contribution in [2.24, 2.45) is 0 Å². The van der Waals surface area contributed by atoms with E-state index in [1.807, 2.05) is 6.07 Å². The number of rotatable bonds is 3. The van der Waals surface area contributed by atoms with E-state index in [2.05, 4.69) is 22.0 Å². The van der Waals surface area contributed by atoms with E-state index in [0.717, 1.165) is 4.47 Å². The van der Waals surface area contributed by atoms with E-state index in [0.29, 0.717) is 17.9 Å². The first-order valence-electron chi connectivity index (χ1n) is 3.85. The minimum atomic E-state index is 0.361. The Balaban J connectivity index is 2.81. The van der Waals surface area contributed by atoms with Gasteiger partial charge in [0.1, 0.15) is 18.4 Å². The highest BCUT2D eigenvalue weighted by Crippen LogP contribution is 2.22. The first-order valence-corrected chi connectivity index (χ1v) is 5.08. The fourth-order valence-electron chi connectivity index (χ4n) is 0.890. The molecule has 1 aromatic rings. The molecule has 0 atom stereocenters. The van der Waals surface area contributed by atoms with Gasteiger partial charge in [0.2, 0.25) is 0 Å². The molecule has 0 aliphatic carbocycles. The predicted octanol–water partition coefficient (Wildman–Crippen LogP) is 3.45. The van der Waals surface area contributed by atoms with Crippen LogP contribution in [0, 0.1) is 11.3 Å². The third-order valence-corrected chi connectivity index (χ3v) is 2.16. The SMILES string of the molecule is N#Cc1cc(Br)ccc1OC/C=C/Cl. The van der Waals surface area contributed by atoms with Crippen LogP contribution in [0.2, 0.25) is 0 Å². The molecule has 0 N–H and O–H groups in total. The molecule has 0 amide bonds. The fraction of sp³-hybridized carbons (Fsp3) is 0.100. The molecule has 0 aliphatic rings. The summed E-state index contributed by atoms with van der Waals surface area (Å²) in [5.41, 5.74) is 1.88. The lowest BCUT2D eigenvalue weighted by Gasteiger charge is -2.04. The van der Waals surface area contributed by atoms with Crippen LogP contribution in [0.3, 0.4) is 0 Å². The molecule has 0 aliphatic heterocycles. The van der Waals surface area contributed by atoms with Gasteiger partial charge in [-0.25, -0.2) is 0 Å². The molecule has 1 aromatic carbocycles. The molecule has 0 fully saturated rings. The summed E-state index contributed by atoms with van der Waals surface area (Å²) in [6.45, 7) is 0.361. The second-order valence-electron chi connectivity index (χ2n) is 2.42. The van der Waals surface area contributed by atoms with Gasteiger partial charge in [-0.1, -0.05) is 27.5 Å². The van der Waals surface area contributed by atoms with Crippen LogP contribution < -0.4 is 4.74 Å². The van der Waals surface area contributed by atoms with Gasteiger partial charge in [-0.3, -0.25) is 0 Å². The first kappa shape index (κ1) is 11.1. The summed E-state index contributed by atoms with van der Waals surface area (Å²) >= 11 is 8.61. The molecule has 4 heteroatoms. The van der Waals surface area contributed by atoms with Gasteiger partial charge in [0.25, 0.3) is 0 Å². The van der Waals surface area contributed by atoms with Gasteiger partial charge in [-0.15, -0.1) is 0 Å². The van der Waals surface area contributed by atoms with Gasteiger partial charge in [-0.2, -0.15) is 5.26 Å². The van der Waals surface area contributed by atoms with Crippen LogP contribution in [0.15, 0.2) is 34.3 Å². The van der Waals surface area contributed by atoms with Crippen LogP contribution in [0.5, 0.6) is 5.75 Å². The van der Waals surface area contributed by atoms with Crippen LogP contribution in [0.4, 0.5) is 0 Å². The second-order valence-corrected chi connectivity index (χ2v) is 3.59. The Labute approximate surface area is 95.9 Å². The van der Waals surface area contributed by atoms with Crippen LogP contribution >= 0.6 is 27.5 Å². The molecule has 2 nitrogen and oxygen atoms in total. The Morgan fingerprint density at radius 2 is 2.36 bits per heavy atom. The van der Waals surface area contributed by atoms with Gasteiger partial charge in [-0.05, 0) is 24.3 Å². The molecule has 1 rings (SSSR count). The third kappa shape index (κ3) is 3.06. The van der Waals surface area contributed by atoms with Crippen molar-refractivity contribution in [1.29, 1.82) is 5.26 Å². The van der Waals surface area contributed by atoms with E-state index in [9.17, 15) is 0 Å². The second kappa shape index (κ2) is 5.69. The van der Waals surface area contributed by atoms with Gasteiger partial charge >= 0.3 is 0 Å². The lowest BCUT2D eigenvalue weighted by atomic mass is 10.2. The van der Waals surface area contributed by atoms with Crippen LogP contribution in [-0.2, 0) is 0 Å². The van der Waals surface area contributed by atoms with Gasteiger partial charge in [0.05, 0.1) is 5.56 Å². The summed E-state index contributed by atoms with van der Waals surface area (Å²) in [5, 5.41) is 8.80. The molecule has 0 spiro atoms. The van der Waals surface area contributed by atoms with E-state index in [1.54, 1.807) is 18.2 Å². The molecular formula is C10H7BrClNO. The molecule has 0 aromatic heterocycles. The smallest absolute Gasteiger partial charge is 0.137 e. The van der Waals surface area contributed by atoms with Gasteiger partial charge < -0.3 is 4.74 Å². The normalized spacial score (nSPS) is 10.1. The Morgan fingerprint density at radius 3 is 3.00 bits per heavy atom. The van der Waals surface area contributed by atoms with Crippen molar-refractivity contribution >= 4 is 27.5 Å². The quantitative estimate of drug-likeness (QED) is 0.844. The van der Waals surface area contributed by atoms with E-state index >= 15 is 0 Å². The number of hydrogen-bond donors (Lipinski definition) is 0. The van der Waals surface area contributed by atoms with Crippen molar-refractivity contribution in [3.05, 3.63) is 39.8 Å². The Bertz CT molecular complexity index is 384. The summed E-state index contributed by atoms with van der Waals surface area (Å²) in [4.78, 5) is 0. The Kier molecular flexibility index (Phi) is 4.51. The number of halogens is 2. The molecule has 0 saturated carbocycles. The highest BCUT2D eigenvalue weighted by atomic mass is 79.9. The summed E-state index contributed by atoms with van der Waals surface area (Å²) < 4.78 is 6.16. The maximum atomic E-state index is 8.80. The van der Waals surface area contributed by atoms with Gasteiger partial charge in [0.15, 0.2) is 0 Å². The standard InChI is InChI=1S/C10H7BrClNO/c11-9-2-3-10(8(6-9)7-13)14-5-1-4-12/h1-4,6H,5H2/b4-1+. The minimum absolute atomic E-state index is 0.361. The third-order valence-electron chi connectivity index (χ3n) is 1.49. The lowest BCUT2D eigenvalue weighted by Crippen LogP contribution is -1.95. The van der Waals surface area contributed by atoms with Crippen molar-refractivity contribution in [2.45, 2.75) is 0 Å². The van der Waals surface area contributed by atoms with Crippen LogP contribution in [-0.4, -0.2) is 6.61 Å². The highest BCUT2D eigenvalue weighted by molar-refractivity contribution is 9.10.